The van der Waals surface area contributed by atoms with Gasteiger partial charge >= 0.3 is 0 Å². The third-order valence-corrected chi connectivity index (χ3v) is 6.43. The van der Waals surface area contributed by atoms with E-state index in [1.54, 1.807) is 41.3 Å². The fourth-order valence-corrected chi connectivity index (χ4v) is 4.54. The van der Waals surface area contributed by atoms with Crippen LogP contribution in [0.5, 0.6) is 11.5 Å². The van der Waals surface area contributed by atoms with Crippen molar-refractivity contribution in [3.63, 3.8) is 0 Å². The molecule has 0 radical (unpaired) electrons. The standard InChI is InChI=1S/C27H29ClN4O5/c1-4-11-31(27(34)19-14-21(35-2)16-22(15-19)36-3)17-24(33)32-12-6-5-10-23(32)26-29-25(30-37-26)18-8-7-9-20(28)13-18/h4,7-9,13-16,23H,1,5-6,10-12,17H2,2-3H3. The summed E-state index contributed by atoms with van der Waals surface area (Å²) >= 11 is 6.10. The minimum absolute atomic E-state index is 0.129. The Kier molecular flexibility index (Phi) is 8.45. The van der Waals surface area contributed by atoms with Crippen LogP contribution in [0, 0.1) is 0 Å². The summed E-state index contributed by atoms with van der Waals surface area (Å²) in [5, 5.41) is 4.67. The summed E-state index contributed by atoms with van der Waals surface area (Å²) in [5.41, 5.74) is 1.08. The van der Waals surface area contributed by atoms with E-state index in [0.29, 0.717) is 46.8 Å². The van der Waals surface area contributed by atoms with Crippen molar-refractivity contribution in [1.29, 1.82) is 0 Å². The van der Waals surface area contributed by atoms with Gasteiger partial charge in [0.05, 0.1) is 14.2 Å². The monoisotopic (exact) mass is 524 g/mol. The van der Waals surface area contributed by atoms with Crippen LogP contribution in [0.3, 0.4) is 0 Å². The van der Waals surface area contributed by atoms with E-state index in [0.717, 1.165) is 18.4 Å². The molecule has 37 heavy (non-hydrogen) atoms. The molecule has 2 heterocycles. The second-order valence-corrected chi connectivity index (χ2v) is 9.08. The van der Waals surface area contributed by atoms with Gasteiger partial charge in [-0.1, -0.05) is 35.0 Å². The van der Waals surface area contributed by atoms with Gasteiger partial charge in [0.15, 0.2) is 0 Å². The molecule has 1 aliphatic rings. The van der Waals surface area contributed by atoms with Gasteiger partial charge in [0.1, 0.15) is 24.1 Å². The number of likely N-dealkylation sites (tertiary alicyclic amines) is 1. The zero-order valence-corrected chi connectivity index (χ0v) is 21.6. The van der Waals surface area contributed by atoms with Gasteiger partial charge in [-0.15, -0.1) is 6.58 Å². The molecule has 3 aromatic rings. The molecule has 194 valence electrons. The molecule has 0 N–H and O–H groups in total. The second kappa shape index (κ2) is 11.9. The van der Waals surface area contributed by atoms with E-state index in [4.69, 9.17) is 25.6 Å². The number of ether oxygens (including phenoxy) is 2. The van der Waals surface area contributed by atoms with Crippen LogP contribution in [-0.2, 0) is 4.79 Å². The van der Waals surface area contributed by atoms with Gasteiger partial charge in [-0.3, -0.25) is 9.59 Å². The largest absolute Gasteiger partial charge is 0.497 e. The highest BCUT2D eigenvalue weighted by Gasteiger charge is 2.33. The first-order chi connectivity index (χ1) is 17.9. The van der Waals surface area contributed by atoms with Crippen LogP contribution in [0.4, 0.5) is 0 Å². The second-order valence-electron chi connectivity index (χ2n) is 8.64. The van der Waals surface area contributed by atoms with Crippen molar-refractivity contribution in [3.8, 4) is 22.9 Å². The van der Waals surface area contributed by atoms with E-state index in [2.05, 4.69) is 16.7 Å². The number of amides is 2. The molecule has 1 fully saturated rings. The van der Waals surface area contributed by atoms with Crippen LogP contribution in [0.15, 0.2) is 59.6 Å². The van der Waals surface area contributed by atoms with Crippen LogP contribution < -0.4 is 9.47 Å². The van der Waals surface area contributed by atoms with Crippen LogP contribution in [0.25, 0.3) is 11.4 Å². The Morgan fingerprint density at radius 1 is 1.19 bits per heavy atom. The maximum absolute atomic E-state index is 13.5. The van der Waals surface area contributed by atoms with Gasteiger partial charge in [0.25, 0.3) is 5.91 Å². The van der Waals surface area contributed by atoms with Gasteiger partial charge in [0.2, 0.25) is 17.6 Å². The van der Waals surface area contributed by atoms with Crippen molar-refractivity contribution in [2.45, 2.75) is 25.3 Å². The molecule has 4 rings (SSSR count). The average Bonchev–Trinajstić information content (AvgIpc) is 3.42. The van der Waals surface area contributed by atoms with Gasteiger partial charge in [-0.2, -0.15) is 4.98 Å². The highest BCUT2D eigenvalue weighted by atomic mass is 35.5. The van der Waals surface area contributed by atoms with Crippen molar-refractivity contribution in [2.75, 3.05) is 33.9 Å². The molecule has 2 aromatic carbocycles. The zero-order chi connectivity index (χ0) is 26.4. The lowest BCUT2D eigenvalue weighted by atomic mass is 10.0. The van der Waals surface area contributed by atoms with Crippen LogP contribution in [0.1, 0.15) is 41.6 Å². The molecule has 1 aromatic heterocycles. The Morgan fingerprint density at radius 2 is 1.95 bits per heavy atom. The molecule has 2 amide bonds. The van der Waals surface area contributed by atoms with Crippen molar-refractivity contribution in [3.05, 3.63) is 71.6 Å². The lowest BCUT2D eigenvalue weighted by molar-refractivity contribution is -0.136. The van der Waals surface area contributed by atoms with E-state index in [-0.39, 0.29) is 30.9 Å². The smallest absolute Gasteiger partial charge is 0.254 e. The van der Waals surface area contributed by atoms with Gasteiger partial charge in [0, 0.05) is 35.3 Å². The first kappa shape index (κ1) is 26.2. The zero-order valence-electron chi connectivity index (χ0n) is 20.9. The molecular weight excluding hydrogens is 496 g/mol. The Hall–Kier alpha value is -3.85. The average molecular weight is 525 g/mol. The summed E-state index contributed by atoms with van der Waals surface area (Å²) in [6, 6.07) is 11.7. The fourth-order valence-electron chi connectivity index (χ4n) is 4.34. The van der Waals surface area contributed by atoms with Crippen molar-refractivity contribution >= 4 is 23.4 Å². The predicted octanol–water partition coefficient (Wildman–Crippen LogP) is 4.79. The molecule has 1 aliphatic heterocycles. The molecule has 1 unspecified atom stereocenters. The summed E-state index contributed by atoms with van der Waals surface area (Å²) in [6.45, 7) is 4.35. The molecule has 0 saturated carbocycles. The predicted molar refractivity (Wildman–Crippen MR) is 139 cm³/mol. The minimum Gasteiger partial charge on any atom is -0.497 e. The number of benzene rings is 2. The maximum Gasteiger partial charge on any atom is 0.254 e. The number of carbonyl (C=O) groups is 2. The molecule has 10 heteroatoms. The van der Waals surface area contributed by atoms with Gasteiger partial charge in [-0.25, -0.2) is 0 Å². The third-order valence-electron chi connectivity index (χ3n) is 6.19. The number of methoxy groups -OCH3 is 2. The summed E-state index contributed by atoms with van der Waals surface area (Å²) in [6.07, 6.45) is 4.04. The number of piperidine rings is 1. The quantitative estimate of drug-likeness (QED) is 0.371. The first-order valence-corrected chi connectivity index (χ1v) is 12.3. The van der Waals surface area contributed by atoms with Crippen LogP contribution in [-0.4, -0.2) is 65.6 Å². The number of rotatable bonds is 9. The lowest BCUT2D eigenvalue weighted by Gasteiger charge is -2.35. The van der Waals surface area contributed by atoms with Crippen molar-refractivity contribution in [1.82, 2.24) is 19.9 Å². The normalized spacial score (nSPS) is 15.2. The Bertz CT molecular complexity index is 1250. The lowest BCUT2D eigenvalue weighted by Crippen LogP contribution is -2.46. The summed E-state index contributed by atoms with van der Waals surface area (Å²) < 4.78 is 16.2. The number of aromatic nitrogens is 2. The summed E-state index contributed by atoms with van der Waals surface area (Å²) in [4.78, 5) is 34.6. The molecule has 9 nitrogen and oxygen atoms in total. The molecule has 1 saturated heterocycles. The molecular formula is C27H29ClN4O5. The van der Waals surface area contributed by atoms with Crippen LogP contribution >= 0.6 is 11.6 Å². The first-order valence-electron chi connectivity index (χ1n) is 12.0. The molecule has 0 aliphatic carbocycles. The topological polar surface area (TPSA) is 98.0 Å². The Labute approximate surface area is 220 Å². The van der Waals surface area contributed by atoms with Crippen molar-refractivity contribution in [2.24, 2.45) is 0 Å². The Morgan fingerprint density at radius 3 is 2.62 bits per heavy atom. The number of halogens is 1. The summed E-state index contributed by atoms with van der Waals surface area (Å²) in [5.74, 6) is 1.19. The van der Waals surface area contributed by atoms with E-state index in [1.807, 2.05) is 12.1 Å². The number of nitrogens with zero attached hydrogens (tertiary/aromatic N) is 4. The van der Waals surface area contributed by atoms with Crippen molar-refractivity contribution < 1.29 is 23.6 Å². The molecule has 1 atom stereocenters. The fraction of sp³-hybridized carbons (Fsp3) is 0.333. The van der Waals surface area contributed by atoms with E-state index >= 15 is 0 Å². The Balaban J connectivity index is 1.54. The molecule has 0 bridgehead atoms. The highest BCUT2D eigenvalue weighted by Crippen LogP contribution is 2.32. The van der Waals surface area contributed by atoms with Gasteiger partial charge < -0.3 is 23.8 Å². The maximum atomic E-state index is 13.5. The summed E-state index contributed by atoms with van der Waals surface area (Å²) in [7, 11) is 3.03. The van der Waals surface area contributed by atoms with Crippen LogP contribution in [0.2, 0.25) is 5.02 Å². The minimum atomic E-state index is -0.376. The highest BCUT2D eigenvalue weighted by molar-refractivity contribution is 6.30. The van der Waals surface area contributed by atoms with E-state index in [9.17, 15) is 9.59 Å². The third kappa shape index (κ3) is 6.11. The SMILES string of the molecule is C=CCN(CC(=O)N1CCCCC1c1nc(-c2cccc(Cl)c2)no1)C(=O)c1cc(OC)cc(OC)c1. The van der Waals surface area contributed by atoms with E-state index in [1.165, 1.54) is 19.1 Å². The van der Waals surface area contributed by atoms with E-state index < -0.39 is 0 Å². The number of hydrogen-bond donors (Lipinski definition) is 0. The number of hydrogen-bond acceptors (Lipinski definition) is 7. The molecule has 0 spiro atoms. The number of carbonyl (C=O) groups excluding carboxylic acids is 2. The van der Waals surface area contributed by atoms with Gasteiger partial charge in [-0.05, 0) is 43.5 Å².